The van der Waals surface area contributed by atoms with Crippen molar-refractivity contribution in [3.8, 4) is 11.5 Å². The van der Waals surface area contributed by atoms with Gasteiger partial charge in [-0.15, -0.1) is 0 Å². The molecule has 6 rings (SSSR count). The molecule has 4 aliphatic carbocycles. The van der Waals surface area contributed by atoms with Crippen molar-refractivity contribution in [2.45, 2.75) is 151 Å². The molecule has 2 aromatic rings. The predicted molar refractivity (Wildman–Crippen MR) is 185 cm³/mol. The maximum atomic E-state index is 7.20. The van der Waals surface area contributed by atoms with Crippen LogP contribution in [0.4, 0.5) is 0 Å². The monoisotopic (exact) mass is 738 g/mol. The molecule has 0 unspecified atom stereocenters. The molecule has 1 nitrogen and oxygen atoms in total. The van der Waals surface area contributed by atoms with Crippen LogP contribution in [-0.4, -0.2) is 22.6 Å². The fourth-order valence-electron chi connectivity index (χ4n) is 8.45. The Bertz CT molecular complexity index is 929. The quantitative estimate of drug-likeness (QED) is 0.193. The number of hydrogen-bond acceptors (Lipinski definition) is 1. The second-order valence-corrected chi connectivity index (χ2v) is 20.9. The molecule has 2 aromatic carbocycles. The van der Waals surface area contributed by atoms with Gasteiger partial charge < -0.3 is 4.74 Å². The van der Waals surface area contributed by atoms with Crippen molar-refractivity contribution >= 4 is 45.5 Å². The maximum Gasteiger partial charge on any atom is 0.135 e. The van der Waals surface area contributed by atoms with E-state index < -0.39 is 0 Å². The predicted octanol–water partition coefficient (Wildman–Crippen LogP) is 12.4. The van der Waals surface area contributed by atoms with Gasteiger partial charge in [0.1, 0.15) is 11.5 Å². The summed E-state index contributed by atoms with van der Waals surface area (Å²) in [6, 6.07) is 18.7. The molecule has 0 radical (unpaired) electrons. The van der Waals surface area contributed by atoms with Crippen molar-refractivity contribution in [1.29, 1.82) is 0 Å². The van der Waals surface area contributed by atoms with Gasteiger partial charge in [-0.1, -0.05) is 129 Å². The third kappa shape index (κ3) is 9.21. The van der Waals surface area contributed by atoms with E-state index in [2.05, 4.69) is 48.5 Å². The Morgan fingerprint density at radius 1 is 0.452 bits per heavy atom. The molecular weight excluding hydrogens is 688 g/mol. The Morgan fingerprint density at radius 2 is 0.714 bits per heavy atom. The van der Waals surface area contributed by atoms with Gasteiger partial charge in [0.25, 0.3) is 0 Å². The molecule has 0 amide bonds. The third-order valence-electron chi connectivity index (χ3n) is 10.4. The summed E-state index contributed by atoms with van der Waals surface area (Å²) in [7, 11) is 9.27. The summed E-state index contributed by atoms with van der Waals surface area (Å²) in [6.45, 7) is 0. The summed E-state index contributed by atoms with van der Waals surface area (Å²) in [6.07, 6.45) is 28.9. The van der Waals surface area contributed by atoms with Crippen molar-refractivity contribution in [1.82, 2.24) is 0 Å². The Balaban J connectivity index is 0.00000113. The summed E-state index contributed by atoms with van der Waals surface area (Å²) >= 11 is -0.106. The van der Waals surface area contributed by atoms with Crippen LogP contribution in [0.5, 0.6) is 11.5 Å². The van der Waals surface area contributed by atoms with Crippen LogP contribution in [0.15, 0.2) is 48.5 Å². The van der Waals surface area contributed by atoms with Crippen LogP contribution in [0.1, 0.15) is 128 Å². The van der Waals surface area contributed by atoms with Gasteiger partial charge in [0.15, 0.2) is 0 Å². The van der Waals surface area contributed by atoms with E-state index in [0.29, 0.717) is 0 Å². The summed E-state index contributed by atoms with van der Waals surface area (Å²) in [5.41, 5.74) is 3.61. The first-order chi connectivity index (χ1) is 20.8. The minimum atomic E-state index is -0.178. The van der Waals surface area contributed by atoms with Gasteiger partial charge >= 0.3 is 35.0 Å². The van der Waals surface area contributed by atoms with Crippen molar-refractivity contribution in [3.63, 3.8) is 0 Å². The van der Waals surface area contributed by atoms with Gasteiger partial charge in [-0.3, -0.25) is 0 Å². The molecule has 4 saturated carbocycles. The van der Waals surface area contributed by atoms with Crippen LogP contribution < -0.4 is 15.3 Å². The van der Waals surface area contributed by atoms with E-state index in [4.69, 9.17) is 23.8 Å². The smallest absolute Gasteiger partial charge is 0.135 e. The Morgan fingerprint density at radius 3 is 1.00 bits per heavy atom. The molecule has 0 bridgehead atoms. The average molecular weight is 740 g/mol. The Kier molecular flexibility index (Phi) is 14.8. The Labute approximate surface area is 275 Å². The van der Waals surface area contributed by atoms with Gasteiger partial charge in [0, 0.05) is 10.6 Å². The standard InChI is InChI=1S/C36H52OP2.2ClH.Pd/c1-5-17-29(18-6-1)38(30-19-7-2-8-20-30)35-27-15-13-25-33(35)37-34-26-14-16-28-36(34)39(31-21-9-3-10-22-31)32-23-11-4-12-24-32;;;/h13-16,25-32H,1-12,17-24H2;2*1H;/q;;;+2/p-2. The maximum absolute atomic E-state index is 7.20. The molecule has 236 valence electrons. The normalized spacial score (nSPS) is 21.8. The molecular formula is C36H52Cl2OP2Pd. The van der Waals surface area contributed by atoms with Gasteiger partial charge in [-0.05, 0) is 86.1 Å². The van der Waals surface area contributed by atoms with Gasteiger partial charge in [0.2, 0.25) is 0 Å². The summed E-state index contributed by atoms with van der Waals surface area (Å²) in [4.78, 5) is 0. The van der Waals surface area contributed by atoms with Crippen molar-refractivity contribution < 1.29 is 20.7 Å². The topological polar surface area (TPSA) is 9.23 Å². The van der Waals surface area contributed by atoms with Crippen LogP contribution in [-0.2, 0) is 15.9 Å². The molecule has 0 heterocycles. The molecule has 0 atom stereocenters. The number of ether oxygens (including phenoxy) is 1. The molecule has 6 heteroatoms. The SMILES string of the molecule is [Cl][Pd][Cl].c1ccc(P(C2CCCCC2)C2CCCCC2)c(Oc2ccccc2P(C2CCCCC2)C2CCCCC2)c1. The number of hydrogen-bond donors (Lipinski definition) is 0. The van der Waals surface area contributed by atoms with E-state index in [-0.39, 0.29) is 31.8 Å². The van der Waals surface area contributed by atoms with Gasteiger partial charge in [-0.25, -0.2) is 0 Å². The molecule has 42 heavy (non-hydrogen) atoms. The van der Waals surface area contributed by atoms with Crippen LogP contribution in [0.25, 0.3) is 0 Å². The molecule has 4 fully saturated rings. The average Bonchev–Trinajstić information content (AvgIpc) is 3.05. The largest absolute Gasteiger partial charge is 0.456 e. The number of rotatable bonds is 8. The first-order valence-corrected chi connectivity index (χ1v) is 24.0. The van der Waals surface area contributed by atoms with Crippen LogP contribution in [0.3, 0.4) is 0 Å². The van der Waals surface area contributed by atoms with Crippen molar-refractivity contribution in [2.24, 2.45) is 0 Å². The molecule has 0 N–H and O–H groups in total. The number of para-hydroxylation sites is 2. The minimum absolute atomic E-state index is 0.106. The summed E-state index contributed by atoms with van der Waals surface area (Å²) in [5, 5.41) is 3.20. The summed E-state index contributed by atoms with van der Waals surface area (Å²) < 4.78 is 7.20. The van der Waals surface area contributed by atoms with Crippen LogP contribution >= 0.6 is 34.9 Å². The van der Waals surface area contributed by atoms with E-state index in [9.17, 15) is 0 Å². The van der Waals surface area contributed by atoms with E-state index in [1.54, 1.807) is 10.6 Å². The second kappa shape index (κ2) is 18.5. The van der Waals surface area contributed by atoms with E-state index in [1.165, 1.54) is 140 Å². The molecule has 0 aliphatic heterocycles. The zero-order chi connectivity index (χ0) is 29.0. The summed E-state index contributed by atoms with van der Waals surface area (Å²) in [5.74, 6) is 2.41. The number of benzene rings is 2. The Hall–Kier alpha value is 0.342. The molecule has 0 spiro atoms. The van der Waals surface area contributed by atoms with Gasteiger partial charge in [0.05, 0.1) is 0 Å². The fourth-order valence-corrected chi connectivity index (χ4v) is 16.2. The van der Waals surface area contributed by atoms with E-state index in [1.807, 2.05) is 0 Å². The first-order valence-electron chi connectivity index (χ1n) is 17.0. The van der Waals surface area contributed by atoms with E-state index >= 15 is 0 Å². The number of halogens is 2. The first kappa shape index (κ1) is 33.7. The van der Waals surface area contributed by atoms with Crippen LogP contribution in [0, 0.1) is 0 Å². The van der Waals surface area contributed by atoms with Gasteiger partial charge in [-0.2, -0.15) is 0 Å². The van der Waals surface area contributed by atoms with Crippen molar-refractivity contribution in [3.05, 3.63) is 48.5 Å². The molecule has 4 aliphatic rings. The second-order valence-electron chi connectivity index (χ2n) is 13.1. The third-order valence-corrected chi connectivity index (χ3v) is 17.4. The zero-order valence-electron chi connectivity index (χ0n) is 25.4. The molecule has 0 saturated heterocycles. The zero-order valence-corrected chi connectivity index (χ0v) is 30.3. The molecule has 0 aromatic heterocycles. The fraction of sp³-hybridized carbons (Fsp3) is 0.667. The van der Waals surface area contributed by atoms with Crippen molar-refractivity contribution in [2.75, 3.05) is 0 Å². The minimum Gasteiger partial charge on any atom is -0.456 e. The van der Waals surface area contributed by atoms with Crippen LogP contribution in [0.2, 0.25) is 0 Å². The van der Waals surface area contributed by atoms with E-state index in [0.717, 1.165) is 22.6 Å².